The van der Waals surface area contributed by atoms with E-state index in [-0.39, 0.29) is 11.8 Å². The Morgan fingerprint density at radius 3 is 2.41 bits per heavy atom. The topological polar surface area (TPSA) is 23.5 Å². The van der Waals surface area contributed by atoms with Crippen molar-refractivity contribution in [2.75, 3.05) is 20.6 Å². The standard InChI is InChI=1S/C24H26ClNO/c1-4-19-12-13-21(17-26(2)3)24(27,20-8-6-5-7-9-20)23(19)16-18-10-14-22(25)15-11-18/h1,5-11,14-16,19,21,27H,12-13,17H2,2-3H3. The molecule has 0 spiro atoms. The summed E-state index contributed by atoms with van der Waals surface area (Å²) >= 11 is 6.03. The van der Waals surface area contributed by atoms with Gasteiger partial charge in [-0.25, -0.2) is 0 Å². The zero-order chi connectivity index (χ0) is 19.4. The molecule has 27 heavy (non-hydrogen) atoms. The van der Waals surface area contributed by atoms with E-state index in [9.17, 15) is 5.11 Å². The van der Waals surface area contributed by atoms with E-state index in [2.05, 4.69) is 16.9 Å². The average molecular weight is 380 g/mol. The van der Waals surface area contributed by atoms with Crippen LogP contribution in [0.5, 0.6) is 0 Å². The number of nitrogens with zero attached hydrogens (tertiary/aromatic N) is 1. The first-order chi connectivity index (χ1) is 12.9. The molecule has 0 aliphatic heterocycles. The maximum Gasteiger partial charge on any atom is 0.116 e. The normalized spacial score (nSPS) is 26.9. The first kappa shape index (κ1) is 19.7. The number of rotatable bonds is 4. The van der Waals surface area contributed by atoms with Crippen LogP contribution in [-0.4, -0.2) is 30.6 Å². The van der Waals surface area contributed by atoms with Crippen molar-refractivity contribution in [2.45, 2.75) is 18.4 Å². The minimum absolute atomic E-state index is 0.0676. The van der Waals surface area contributed by atoms with Gasteiger partial charge in [-0.3, -0.25) is 0 Å². The Balaban J connectivity index is 2.16. The van der Waals surface area contributed by atoms with Crippen LogP contribution in [-0.2, 0) is 5.60 Å². The second kappa shape index (κ2) is 8.31. The molecule has 1 N–H and O–H groups in total. The summed E-state index contributed by atoms with van der Waals surface area (Å²) in [5, 5.41) is 12.8. The highest BCUT2D eigenvalue weighted by Crippen LogP contribution is 2.48. The Kier molecular flexibility index (Phi) is 6.07. The van der Waals surface area contributed by atoms with Crippen molar-refractivity contribution >= 4 is 17.7 Å². The number of benzene rings is 2. The Bertz CT molecular complexity index is 835. The van der Waals surface area contributed by atoms with Gasteiger partial charge in [0.15, 0.2) is 0 Å². The fourth-order valence-corrected chi connectivity index (χ4v) is 4.24. The van der Waals surface area contributed by atoms with Crippen LogP contribution in [0.1, 0.15) is 24.0 Å². The van der Waals surface area contributed by atoms with Crippen LogP contribution in [0.4, 0.5) is 0 Å². The molecule has 0 radical (unpaired) electrons. The van der Waals surface area contributed by atoms with E-state index in [1.54, 1.807) is 0 Å². The molecule has 140 valence electrons. The summed E-state index contributed by atoms with van der Waals surface area (Å²) in [4.78, 5) is 2.13. The molecule has 1 aliphatic carbocycles. The zero-order valence-electron chi connectivity index (χ0n) is 15.9. The van der Waals surface area contributed by atoms with E-state index in [4.69, 9.17) is 18.0 Å². The molecule has 0 bridgehead atoms. The van der Waals surface area contributed by atoms with Gasteiger partial charge in [-0.05, 0) is 55.8 Å². The third-order valence-corrected chi connectivity index (χ3v) is 5.65. The van der Waals surface area contributed by atoms with E-state index in [1.165, 1.54) is 0 Å². The quantitative estimate of drug-likeness (QED) is 0.769. The summed E-state index contributed by atoms with van der Waals surface area (Å²) in [5.41, 5.74) is 1.70. The van der Waals surface area contributed by atoms with E-state index < -0.39 is 5.60 Å². The molecule has 2 nitrogen and oxygen atoms in total. The van der Waals surface area contributed by atoms with Crippen molar-refractivity contribution in [3.8, 4) is 12.3 Å². The molecular weight excluding hydrogens is 354 g/mol. The number of hydrogen-bond acceptors (Lipinski definition) is 2. The zero-order valence-corrected chi connectivity index (χ0v) is 16.7. The molecule has 0 saturated heterocycles. The smallest absolute Gasteiger partial charge is 0.116 e. The van der Waals surface area contributed by atoms with Crippen LogP contribution in [0, 0.1) is 24.2 Å². The first-order valence-corrected chi connectivity index (χ1v) is 9.69. The monoisotopic (exact) mass is 379 g/mol. The van der Waals surface area contributed by atoms with Crippen molar-refractivity contribution < 1.29 is 5.11 Å². The van der Waals surface area contributed by atoms with Gasteiger partial charge in [-0.15, -0.1) is 6.42 Å². The fraction of sp³-hybridized carbons (Fsp3) is 0.333. The lowest BCUT2D eigenvalue weighted by Gasteiger charge is -2.46. The van der Waals surface area contributed by atoms with E-state index >= 15 is 0 Å². The van der Waals surface area contributed by atoms with Crippen molar-refractivity contribution in [2.24, 2.45) is 11.8 Å². The Labute approximate surface area is 167 Å². The summed E-state index contributed by atoms with van der Waals surface area (Å²) < 4.78 is 0. The molecule has 2 aromatic carbocycles. The van der Waals surface area contributed by atoms with Crippen molar-refractivity contribution in [3.63, 3.8) is 0 Å². The highest BCUT2D eigenvalue weighted by Gasteiger charge is 2.47. The van der Waals surface area contributed by atoms with E-state index in [0.29, 0.717) is 5.02 Å². The Morgan fingerprint density at radius 1 is 1.15 bits per heavy atom. The van der Waals surface area contributed by atoms with E-state index in [1.807, 2.05) is 68.7 Å². The minimum Gasteiger partial charge on any atom is -0.380 e. The second-order valence-corrected chi connectivity index (χ2v) is 7.98. The van der Waals surface area contributed by atoms with Crippen LogP contribution in [0.3, 0.4) is 0 Å². The lowest BCUT2D eigenvalue weighted by atomic mass is 9.64. The maximum absolute atomic E-state index is 12.1. The fourth-order valence-electron chi connectivity index (χ4n) is 4.11. The van der Waals surface area contributed by atoms with Gasteiger partial charge < -0.3 is 10.0 Å². The largest absolute Gasteiger partial charge is 0.380 e. The molecule has 3 heteroatoms. The predicted molar refractivity (Wildman–Crippen MR) is 113 cm³/mol. The van der Waals surface area contributed by atoms with Gasteiger partial charge in [-0.1, -0.05) is 66.1 Å². The van der Waals surface area contributed by atoms with Crippen molar-refractivity contribution in [1.29, 1.82) is 0 Å². The molecule has 1 aliphatic rings. The van der Waals surface area contributed by atoms with Gasteiger partial charge in [0, 0.05) is 23.4 Å². The van der Waals surface area contributed by atoms with Crippen LogP contribution >= 0.6 is 11.6 Å². The summed E-state index contributed by atoms with van der Waals surface area (Å²) in [6.45, 7) is 0.792. The number of halogens is 1. The van der Waals surface area contributed by atoms with Crippen LogP contribution in [0.25, 0.3) is 6.08 Å². The highest BCUT2D eigenvalue weighted by atomic mass is 35.5. The molecule has 0 heterocycles. The molecular formula is C24H26ClNO. The number of hydrogen-bond donors (Lipinski definition) is 1. The third-order valence-electron chi connectivity index (χ3n) is 5.40. The van der Waals surface area contributed by atoms with Crippen molar-refractivity contribution in [1.82, 2.24) is 4.90 Å². The molecule has 0 aromatic heterocycles. The second-order valence-electron chi connectivity index (χ2n) is 7.54. The van der Waals surface area contributed by atoms with Crippen LogP contribution in [0.2, 0.25) is 5.02 Å². The van der Waals surface area contributed by atoms with Gasteiger partial charge in [0.05, 0.1) is 0 Å². The van der Waals surface area contributed by atoms with E-state index in [0.717, 1.165) is 36.1 Å². The Morgan fingerprint density at radius 2 is 1.81 bits per heavy atom. The summed E-state index contributed by atoms with van der Waals surface area (Å²) in [6.07, 6.45) is 9.70. The van der Waals surface area contributed by atoms with Crippen LogP contribution < -0.4 is 0 Å². The molecule has 2 aromatic rings. The molecule has 3 rings (SSSR count). The van der Waals surface area contributed by atoms with Crippen LogP contribution in [0.15, 0.2) is 60.2 Å². The molecule has 3 unspecified atom stereocenters. The molecule has 1 saturated carbocycles. The molecule has 1 fully saturated rings. The lowest BCUT2D eigenvalue weighted by Crippen LogP contribution is -2.47. The summed E-state index contributed by atoms with van der Waals surface area (Å²) in [7, 11) is 4.09. The van der Waals surface area contributed by atoms with Gasteiger partial charge in [-0.2, -0.15) is 0 Å². The Hall–Kier alpha value is -2.05. The minimum atomic E-state index is -1.10. The lowest BCUT2D eigenvalue weighted by molar-refractivity contribution is -0.0237. The van der Waals surface area contributed by atoms with Gasteiger partial charge in [0.2, 0.25) is 0 Å². The molecule has 3 atom stereocenters. The van der Waals surface area contributed by atoms with Gasteiger partial charge in [0.25, 0.3) is 0 Å². The molecule has 0 amide bonds. The van der Waals surface area contributed by atoms with Gasteiger partial charge in [0.1, 0.15) is 5.60 Å². The summed E-state index contributed by atoms with van der Waals surface area (Å²) in [5.74, 6) is 2.89. The van der Waals surface area contributed by atoms with Crippen molar-refractivity contribution in [3.05, 3.63) is 76.3 Å². The SMILES string of the molecule is C#CC1CCC(CN(C)C)C(O)(c2ccccc2)C1=Cc1ccc(Cl)cc1. The van der Waals surface area contributed by atoms with Gasteiger partial charge >= 0.3 is 0 Å². The number of terminal acetylenes is 1. The summed E-state index contributed by atoms with van der Waals surface area (Å²) in [6, 6.07) is 17.6. The third kappa shape index (κ3) is 4.12. The maximum atomic E-state index is 12.1. The predicted octanol–water partition coefficient (Wildman–Crippen LogP) is 4.83. The number of aliphatic hydroxyl groups is 1. The first-order valence-electron chi connectivity index (χ1n) is 9.31. The highest BCUT2D eigenvalue weighted by molar-refractivity contribution is 6.30. The average Bonchev–Trinajstić information content (AvgIpc) is 2.67.